The second kappa shape index (κ2) is 3.94. The molecule has 0 aliphatic rings. The highest BCUT2D eigenvalue weighted by Gasteiger charge is 2.07. The molecule has 0 atom stereocenters. The average Bonchev–Trinajstić information content (AvgIpc) is 3.01. The molecular formula is C13H10N2S. The van der Waals surface area contributed by atoms with Crippen molar-refractivity contribution < 1.29 is 0 Å². The van der Waals surface area contributed by atoms with E-state index in [4.69, 9.17) is 0 Å². The largest absolute Gasteiger partial charge is 0.232 e. The average molecular weight is 226 g/mol. The van der Waals surface area contributed by atoms with E-state index in [1.807, 2.05) is 35.1 Å². The van der Waals surface area contributed by atoms with Crippen molar-refractivity contribution in [2.24, 2.45) is 0 Å². The van der Waals surface area contributed by atoms with Gasteiger partial charge in [-0.25, -0.2) is 4.68 Å². The van der Waals surface area contributed by atoms with E-state index in [-0.39, 0.29) is 0 Å². The molecule has 16 heavy (non-hydrogen) atoms. The lowest BCUT2D eigenvalue weighted by Gasteiger charge is -2.05. The van der Waals surface area contributed by atoms with E-state index in [9.17, 15) is 0 Å². The molecule has 0 fully saturated rings. The summed E-state index contributed by atoms with van der Waals surface area (Å²) in [5.41, 5.74) is 2.23. The Hall–Kier alpha value is -1.87. The minimum Gasteiger partial charge on any atom is -0.232 e. The van der Waals surface area contributed by atoms with Gasteiger partial charge in [0.1, 0.15) is 0 Å². The number of aromatic nitrogens is 2. The molecule has 2 nitrogen and oxygen atoms in total. The Bertz CT molecular complexity index is 567. The zero-order chi connectivity index (χ0) is 10.8. The highest BCUT2D eigenvalue weighted by Crippen LogP contribution is 2.26. The van der Waals surface area contributed by atoms with E-state index < -0.39 is 0 Å². The first-order chi connectivity index (χ1) is 7.95. The Morgan fingerprint density at radius 1 is 0.938 bits per heavy atom. The van der Waals surface area contributed by atoms with E-state index in [1.54, 1.807) is 11.3 Å². The van der Waals surface area contributed by atoms with E-state index >= 15 is 0 Å². The third kappa shape index (κ3) is 1.55. The third-order valence-corrected chi connectivity index (χ3v) is 3.31. The van der Waals surface area contributed by atoms with Gasteiger partial charge in [0.05, 0.1) is 22.5 Å². The molecule has 0 amide bonds. The van der Waals surface area contributed by atoms with E-state index in [2.05, 4.69) is 34.7 Å². The molecule has 78 valence electrons. The molecule has 0 aliphatic carbocycles. The summed E-state index contributed by atoms with van der Waals surface area (Å²) in [6.45, 7) is 0. The topological polar surface area (TPSA) is 17.8 Å². The van der Waals surface area contributed by atoms with Crippen molar-refractivity contribution in [3.05, 3.63) is 60.1 Å². The van der Waals surface area contributed by atoms with Gasteiger partial charge in [-0.3, -0.25) is 0 Å². The number of thiophene rings is 1. The summed E-state index contributed by atoms with van der Waals surface area (Å²) in [6, 6.07) is 16.4. The highest BCUT2D eigenvalue weighted by molar-refractivity contribution is 7.13. The fraction of sp³-hybridized carbons (Fsp3) is 0. The van der Waals surface area contributed by atoms with Gasteiger partial charge in [0.15, 0.2) is 0 Å². The van der Waals surface area contributed by atoms with Crippen LogP contribution in [0.1, 0.15) is 0 Å². The fourth-order valence-electron chi connectivity index (χ4n) is 1.69. The van der Waals surface area contributed by atoms with Crippen LogP contribution in [0.25, 0.3) is 16.3 Å². The van der Waals surface area contributed by atoms with E-state index in [0.717, 1.165) is 11.4 Å². The predicted octanol–water partition coefficient (Wildman–Crippen LogP) is 3.60. The number of hydrogen-bond donors (Lipinski definition) is 0. The molecule has 0 spiro atoms. The lowest BCUT2D eigenvalue weighted by molar-refractivity contribution is 0.890. The third-order valence-electron chi connectivity index (χ3n) is 2.42. The molecule has 0 aliphatic heterocycles. The van der Waals surface area contributed by atoms with Crippen molar-refractivity contribution in [1.82, 2.24) is 9.78 Å². The van der Waals surface area contributed by atoms with Crippen molar-refractivity contribution >= 4 is 11.3 Å². The van der Waals surface area contributed by atoms with Gasteiger partial charge in [-0.1, -0.05) is 24.3 Å². The van der Waals surface area contributed by atoms with Crippen molar-refractivity contribution in [2.75, 3.05) is 0 Å². The molecule has 0 radical (unpaired) electrons. The standard InChI is InChI=1S/C13H10N2S/c1-2-5-11(6-3-1)15-12(8-9-14-15)13-7-4-10-16-13/h1-10H. The van der Waals surface area contributed by atoms with Crippen LogP contribution in [0.2, 0.25) is 0 Å². The van der Waals surface area contributed by atoms with Crippen molar-refractivity contribution in [3.8, 4) is 16.3 Å². The fourth-order valence-corrected chi connectivity index (χ4v) is 2.43. The van der Waals surface area contributed by atoms with Gasteiger partial charge in [0.2, 0.25) is 0 Å². The summed E-state index contributed by atoms with van der Waals surface area (Å²) in [4.78, 5) is 1.24. The summed E-state index contributed by atoms with van der Waals surface area (Å²) < 4.78 is 1.96. The number of nitrogens with zero attached hydrogens (tertiary/aromatic N) is 2. The van der Waals surface area contributed by atoms with E-state index in [1.165, 1.54) is 4.88 Å². The highest BCUT2D eigenvalue weighted by atomic mass is 32.1. The second-order valence-electron chi connectivity index (χ2n) is 3.44. The van der Waals surface area contributed by atoms with Gasteiger partial charge in [-0.05, 0) is 29.6 Å². The SMILES string of the molecule is c1ccc(-n2nccc2-c2cccs2)cc1. The number of hydrogen-bond acceptors (Lipinski definition) is 2. The summed E-state index contributed by atoms with van der Waals surface area (Å²) in [7, 11) is 0. The molecule has 0 unspecified atom stereocenters. The molecular weight excluding hydrogens is 216 g/mol. The predicted molar refractivity (Wildman–Crippen MR) is 66.9 cm³/mol. The van der Waals surface area contributed by atoms with Crippen LogP contribution in [0.3, 0.4) is 0 Å². The summed E-state index contributed by atoms with van der Waals surface area (Å²) in [6.07, 6.45) is 1.84. The first kappa shape index (κ1) is 9.36. The second-order valence-corrected chi connectivity index (χ2v) is 4.39. The molecule has 3 rings (SSSR count). The Labute approximate surface area is 97.8 Å². The van der Waals surface area contributed by atoms with Gasteiger partial charge in [-0.2, -0.15) is 5.10 Å². The Morgan fingerprint density at radius 2 is 1.81 bits per heavy atom. The molecule has 1 aromatic carbocycles. The molecule has 2 heterocycles. The maximum absolute atomic E-state index is 4.37. The van der Waals surface area contributed by atoms with Crippen molar-refractivity contribution in [1.29, 1.82) is 0 Å². The molecule has 3 heteroatoms. The lowest BCUT2D eigenvalue weighted by Crippen LogP contribution is -1.97. The normalized spacial score (nSPS) is 10.5. The van der Waals surface area contributed by atoms with Crippen LogP contribution < -0.4 is 0 Å². The van der Waals surface area contributed by atoms with Gasteiger partial charge in [0.25, 0.3) is 0 Å². The molecule has 3 aromatic rings. The van der Waals surface area contributed by atoms with Crippen molar-refractivity contribution in [3.63, 3.8) is 0 Å². The summed E-state index contributed by atoms with van der Waals surface area (Å²) >= 11 is 1.73. The first-order valence-corrected chi connectivity index (χ1v) is 5.96. The van der Waals surface area contributed by atoms with Crippen LogP contribution >= 0.6 is 11.3 Å². The first-order valence-electron chi connectivity index (χ1n) is 5.08. The smallest absolute Gasteiger partial charge is 0.0840 e. The van der Waals surface area contributed by atoms with Gasteiger partial charge < -0.3 is 0 Å². The van der Waals surface area contributed by atoms with Crippen LogP contribution in [0.15, 0.2) is 60.1 Å². The van der Waals surface area contributed by atoms with Crippen molar-refractivity contribution in [2.45, 2.75) is 0 Å². The minimum absolute atomic E-state index is 1.09. The Kier molecular flexibility index (Phi) is 2.31. The lowest BCUT2D eigenvalue weighted by atomic mass is 10.3. The Balaban J connectivity index is 2.14. The summed E-state index contributed by atoms with van der Waals surface area (Å²) in [5, 5.41) is 6.45. The number of benzene rings is 1. The zero-order valence-electron chi connectivity index (χ0n) is 8.58. The van der Waals surface area contributed by atoms with E-state index in [0.29, 0.717) is 0 Å². The maximum Gasteiger partial charge on any atom is 0.0840 e. The van der Waals surface area contributed by atoms with Crippen LogP contribution in [0.5, 0.6) is 0 Å². The Morgan fingerprint density at radius 3 is 2.56 bits per heavy atom. The van der Waals surface area contributed by atoms with Gasteiger partial charge in [0, 0.05) is 0 Å². The molecule has 0 bridgehead atoms. The molecule has 0 saturated carbocycles. The minimum atomic E-state index is 1.09. The maximum atomic E-state index is 4.37. The quantitative estimate of drug-likeness (QED) is 0.652. The number of para-hydroxylation sites is 1. The zero-order valence-corrected chi connectivity index (χ0v) is 9.39. The van der Waals surface area contributed by atoms with Crippen LogP contribution in [-0.4, -0.2) is 9.78 Å². The molecule has 0 N–H and O–H groups in total. The van der Waals surface area contributed by atoms with Crippen LogP contribution in [0.4, 0.5) is 0 Å². The summed E-state index contributed by atoms with van der Waals surface area (Å²) in [5.74, 6) is 0. The molecule has 0 saturated heterocycles. The van der Waals surface area contributed by atoms with Gasteiger partial charge >= 0.3 is 0 Å². The van der Waals surface area contributed by atoms with Crippen LogP contribution in [0, 0.1) is 0 Å². The monoisotopic (exact) mass is 226 g/mol. The van der Waals surface area contributed by atoms with Gasteiger partial charge in [-0.15, -0.1) is 11.3 Å². The molecule has 2 aromatic heterocycles. The number of rotatable bonds is 2. The van der Waals surface area contributed by atoms with Crippen LogP contribution in [-0.2, 0) is 0 Å².